The van der Waals surface area contributed by atoms with E-state index in [9.17, 15) is 13.6 Å². The summed E-state index contributed by atoms with van der Waals surface area (Å²) in [6.45, 7) is 1.10. The minimum Gasteiger partial charge on any atom is -0.414 e. The number of benzene rings is 2. The molecule has 8 heteroatoms. The quantitative estimate of drug-likeness (QED) is 0.337. The molecule has 0 unspecified atom stereocenters. The van der Waals surface area contributed by atoms with Crippen LogP contribution in [0.4, 0.5) is 8.78 Å². The van der Waals surface area contributed by atoms with Gasteiger partial charge >= 0.3 is 0 Å². The Bertz CT molecular complexity index is 963. The van der Waals surface area contributed by atoms with Crippen LogP contribution in [-0.2, 0) is 11.3 Å². The van der Waals surface area contributed by atoms with Crippen LogP contribution in [0.3, 0.4) is 0 Å². The van der Waals surface area contributed by atoms with Crippen molar-refractivity contribution in [3.8, 4) is 0 Å². The second kappa shape index (κ2) is 10.0. The average molecular weight is 444 g/mol. The Balaban J connectivity index is 1.33. The topological polar surface area (TPSA) is 59.2 Å². The molecule has 0 spiro atoms. The molecule has 1 fully saturated rings. The van der Waals surface area contributed by atoms with Crippen LogP contribution in [0.15, 0.2) is 58.2 Å². The maximum absolute atomic E-state index is 13.4. The molecule has 2 aromatic carbocycles. The Hall–Kier alpha value is -2.74. The minimum absolute atomic E-state index is 0.0428. The van der Waals surface area contributed by atoms with Crippen LogP contribution in [0, 0.1) is 11.6 Å². The molecule has 1 aliphatic heterocycles. The van der Waals surface area contributed by atoms with Crippen molar-refractivity contribution in [2.24, 2.45) is 0 Å². The first-order valence-electron chi connectivity index (χ1n) is 10.3. The molecule has 0 N–H and O–H groups in total. The first kappa shape index (κ1) is 21.5. The van der Waals surface area contributed by atoms with Crippen LogP contribution in [0.5, 0.6) is 0 Å². The summed E-state index contributed by atoms with van der Waals surface area (Å²) in [7, 11) is 0. The molecule has 31 heavy (non-hydrogen) atoms. The lowest BCUT2D eigenvalue weighted by atomic mass is 9.88. The van der Waals surface area contributed by atoms with Gasteiger partial charge < -0.3 is 9.32 Å². The molecule has 3 aromatic rings. The number of hydrogen-bond donors (Lipinski definition) is 0. The van der Waals surface area contributed by atoms with Gasteiger partial charge in [-0.2, -0.15) is 0 Å². The Morgan fingerprint density at radius 1 is 1.00 bits per heavy atom. The zero-order valence-electron chi connectivity index (χ0n) is 17.0. The number of halogens is 2. The highest BCUT2D eigenvalue weighted by Gasteiger charge is 2.22. The number of aromatic nitrogens is 2. The Morgan fingerprint density at radius 3 is 2.23 bits per heavy atom. The molecule has 0 aliphatic carbocycles. The largest absolute Gasteiger partial charge is 0.414 e. The van der Waals surface area contributed by atoms with Crippen molar-refractivity contribution in [3.63, 3.8) is 0 Å². The van der Waals surface area contributed by atoms with Crippen molar-refractivity contribution in [1.29, 1.82) is 0 Å². The third-order valence-corrected chi connectivity index (χ3v) is 6.26. The van der Waals surface area contributed by atoms with Gasteiger partial charge in [-0.25, -0.2) is 8.78 Å². The Morgan fingerprint density at radius 2 is 1.65 bits per heavy atom. The van der Waals surface area contributed by atoms with E-state index in [2.05, 4.69) is 10.2 Å². The maximum Gasteiger partial charge on any atom is 0.276 e. The van der Waals surface area contributed by atoms with Gasteiger partial charge in [-0.05, 0) is 54.7 Å². The molecule has 0 saturated carbocycles. The normalized spacial score (nSPS) is 14.0. The molecule has 4 rings (SSSR count). The molecule has 1 saturated heterocycles. The van der Waals surface area contributed by atoms with E-state index in [4.69, 9.17) is 4.42 Å². The van der Waals surface area contributed by atoms with Crippen LogP contribution in [-0.4, -0.2) is 33.3 Å². The fraction of sp³-hybridized carbons (Fsp3) is 0.348. The van der Waals surface area contributed by atoms with Crippen LogP contribution in [0.2, 0.25) is 0 Å². The SMILES string of the molecule is O=C1CCCN1Cc1nnc(SCCCC(c2ccc(F)cc2)c2ccc(F)cc2)o1. The van der Waals surface area contributed by atoms with Crippen molar-refractivity contribution >= 4 is 17.7 Å². The van der Waals surface area contributed by atoms with Crippen LogP contribution in [0.1, 0.15) is 48.6 Å². The summed E-state index contributed by atoms with van der Waals surface area (Å²) in [5.74, 6) is 0.831. The van der Waals surface area contributed by atoms with E-state index in [0.717, 1.165) is 42.7 Å². The highest BCUT2D eigenvalue weighted by molar-refractivity contribution is 7.99. The number of amides is 1. The lowest BCUT2D eigenvalue weighted by molar-refractivity contribution is -0.128. The summed E-state index contributed by atoms with van der Waals surface area (Å²) in [4.78, 5) is 13.5. The molecule has 0 bridgehead atoms. The third-order valence-electron chi connectivity index (χ3n) is 5.35. The van der Waals surface area contributed by atoms with E-state index in [0.29, 0.717) is 24.1 Å². The van der Waals surface area contributed by atoms with E-state index in [1.54, 1.807) is 29.2 Å². The predicted molar refractivity (Wildman–Crippen MR) is 114 cm³/mol. The second-order valence-corrected chi connectivity index (χ2v) is 8.57. The fourth-order valence-corrected chi connectivity index (χ4v) is 4.50. The molecule has 0 radical (unpaired) electrons. The number of thioether (sulfide) groups is 1. The van der Waals surface area contributed by atoms with Gasteiger partial charge in [0.2, 0.25) is 11.8 Å². The summed E-state index contributed by atoms with van der Waals surface area (Å²) < 4.78 is 32.4. The number of carbonyl (C=O) groups is 1. The average Bonchev–Trinajstić information content (AvgIpc) is 3.39. The van der Waals surface area contributed by atoms with Crippen molar-refractivity contribution in [1.82, 2.24) is 15.1 Å². The number of nitrogens with zero attached hydrogens (tertiary/aromatic N) is 3. The van der Waals surface area contributed by atoms with Gasteiger partial charge in [0, 0.05) is 24.6 Å². The molecule has 0 atom stereocenters. The first-order chi connectivity index (χ1) is 15.1. The van der Waals surface area contributed by atoms with Crippen molar-refractivity contribution in [2.45, 2.75) is 43.4 Å². The summed E-state index contributed by atoms with van der Waals surface area (Å²) in [5.41, 5.74) is 1.99. The lowest BCUT2D eigenvalue weighted by Crippen LogP contribution is -2.23. The van der Waals surface area contributed by atoms with E-state index in [1.807, 2.05) is 0 Å². The smallest absolute Gasteiger partial charge is 0.276 e. The van der Waals surface area contributed by atoms with Crippen LogP contribution >= 0.6 is 11.8 Å². The van der Waals surface area contributed by atoms with Crippen LogP contribution in [0.25, 0.3) is 0 Å². The zero-order chi connectivity index (χ0) is 21.6. The summed E-state index contributed by atoms with van der Waals surface area (Å²) in [6, 6.07) is 12.9. The highest BCUT2D eigenvalue weighted by Crippen LogP contribution is 2.31. The van der Waals surface area contributed by atoms with Gasteiger partial charge in [0.15, 0.2) is 0 Å². The highest BCUT2D eigenvalue weighted by atomic mass is 32.2. The summed E-state index contributed by atoms with van der Waals surface area (Å²) in [5, 5.41) is 8.59. The summed E-state index contributed by atoms with van der Waals surface area (Å²) in [6.07, 6.45) is 3.12. The van der Waals surface area contributed by atoms with E-state index < -0.39 is 0 Å². The molecule has 1 aliphatic rings. The van der Waals surface area contributed by atoms with Crippen LogP contribution < -0.4 is 0 Å². The third kappa shape index (κ3) is 5.70. The number of rotatable bonds is 9. The Labute approximate surface area is 183 Å². The van der Waals surface area contributed by atoms with Gasteiger partial charge in [-0.3, -0.25) is 4.79 Å². The van der Waals surface area contributed by atoms with Gasteiger partial charge in [-0.1, -0.05) is 36.0 Å². The predicted octanol–water partition coefficient (Wildman–Crippen LogP) is 5.17. The van der Waals surface area contributed by atoms with Crippen molar-refractivity contribution in [3.05, 3.63) is 77.2 Å². The molecular weight excluding hydrogens is 420 g/mol. The monoisotopic (exact) mass is 443 g/mol. The molecule has 1 aromatic heterocycles. The molecule has 5 nitrogen and oxygen atoms in total. The number of hydrogen-bond acceptors (Lipinski definition) is 5. The van der Waals surface area contributed by atoms with E-state index in [1.165, 1.54) is 36.0 Å². The Kier molecular flexibility index (Phi) is 6.96. The minimum atomic E-state index is -0.278. The molecule has 1 amide bonds. The second-order valence-electron chi connectivity index (χ2n) is 7.53. The maximum atomic E-state index is 13.4. The zero-order valence-corrected chi connectivity index (χ0v) is 17.8. The van der Waals surface area contributed by atoms with Gasteiger partial charge in [0.1, 0.15) is 11.6 Å². The van der Waals surface area contributed by atoms with E-state index >= 15 is 0 Å². The van der Waals surface area contributed by atoms with Gasteiger partial charge in [0.05, 0.1) is 6.54 Å². The van der Waals surface area contributed by atoms with Crippen molar-refractivity contribution in [2.75, 3.05) is 12.3 Å². The number of carbonyl (C=O) groups excluding carboxylic acids is 1. The molecule has 162 valence electrons. The van der Waals surface area contributed by atoms with Gasteiger partial charge in [0.25, 0.3) is 5.22 Å². The summed E-state index contributed by atoms with van der Waals surface area (Å²) >= 11 is 1.47. The first-order valence-corrected chi connectivity index (χ1v) is 11.3. The number of likely N-dealkylation sites (tertiary alicyclic amines) is 1. The molecular formula is C23H23F2N3O2S. The van der Waals surface area contributed by atoms with E-state index in [-0.39, 0.29) is 23.5 Å². The molecule has 2 heterocycles. The standard InChI is InChI=1S/C23H23F2N3O2S/c24-18-9-5-16(6-10-18)20(17-7-11-19(25)12-8-17)3-2-14-31-23-27-26-21(30-23)15-28-13-1-4-22(28)29/h5-12,20H,1-4,13-15H2. The fourth-order valence-electron chi connectivity index (χ4n) is 3.76. The van der Waals surface area contributed by atoms with Gasteiger partial charge in [-0.15, -0.1) is 10.2 Å². The lowest BCUT2D eigenvalue weighted by Gasteiger charge is -2.18. The van der Waals surface area contributed by atoms with Crippen molar-refractivity contribution < 1.29 is 18.0 Å².